The number of nitrogens with zero attached hydrogens (tertiary/aromatic N) is 5. The molecule has 2 unspecified atom stereocenters. The summed E-state index contributed by atoms with van der Waals surface area (Å²) in [5, 5.41) is 12.9. The van der Waals surface area contributed by atoms with Crippen LogP contribution in [0.3, 0.4) is 0 Å². The lowest BCUT2D eigenvalue weighted by Gasteiger charge is -2.21. The molecule has 2 aromatic heterocycles. The van der Waals surface area contributed by atoms with Crippen molar-refractivity contribution in [2.75, 3.05) is 7.11 Å². The summed E-state index contributed by atoms with van der Waals surface area (Å²) in [4.78, 5) is 4.63. The van der Waals surface area contributed by atoms with Crippen LogP contribution in [0.25, 0.3) is 11.4 Å². The number of methoxy groups -OCH3 is 1. The van der Waals surface area contributed by atoms with Crippen LogP contribution in [-0.4, -0.2) is 32.0 Å². The highest BCUT2D eigenvalue weighted by Crippen LogP contribution is 2.32. The van der Waals surface area contributed by atoms with Crippen LogP contribution in [-0.2, 0) is 17.7 Å². The maximum absolute atomic E-state index is 5.58. The zero-order valence-corrected chi connectivity index (χ0v) is 15.3. The summed E-state index contributed by atoms with van der Waals surface area (Å²) in [5.74, 6) is 3.63. The Balaban J connectivity index is 1.59. The number of aromatic nitrogens is 5. The van der Waals surface area contributed by atoms with Crippen LogP contribution in [0.15, 0.2) is 34.9 Å². The molecule has 0 spiro atoms. The number of ether oxygens (including phenoxy) is 1. The molecular formula is C19H23N5O2. The standard InChI is InChI=1S/C19H23N5O2/c1-12(2)16(25-3)17-20-19(26-23-17)14-9-10-15-21-22-18(24(15)11-14)13-7-5-4-6-8-13/h4-8,12,14,16H,9-11H2,1-3H3. The van der Waals surface area contributed by atoms with Crippen LogP contribution in [0, 0.1) is 5.92 Å². The van der Waals surface area contributed by atoms with Gasteiger partial charge in [0.15, 0.2) is 5.82 Å². The third-order valence-electron chi connectivity index (χ3n) is 4.90. The van der Waals surface area contributed by atoms with Gasteiger partial charge in [0, 0.05) is 25.6 Å². The molecule has 1 aliphatic heterocycles. The highest BCUT2D eigenvalue weighted by Gasteiger charge is 2.30. The van der Waals surface area contributed by atoms with E-state index in [1.807, 2.05) is 18.2 Å². The first-order chi connectivity index (χ1) is 12.7. The van der Waals surface area contributed by atoms with Crippen LogP contribution in [0.4, 0.5) is 0 Å². The molecule has 7 heteroatoms. The zero-order chi connectivity index (χ0) is 18.1. The van der Waals surface area contributed by atoms with Crippen LogP contribution in [0.1, 0.15) is 49.8 Å². The molecule has 2 atom stereocenters. The lowest BCUT2D eigenvalue weighted by Crippen LogP contribution is -2.20. The van der Waals surface area contributed by atoms with Gasteiger partial charge >= 0.3 is 0 Å². The molecule has 3 aromatic rings. The molecule has 0 aliphatic carbocycles. The van der Waals surface area contributed by atoms with E-state index in [-0.39, 0.29) is 17.9 Å². The highest BCUT2D eigenvalue weighted by atomic mass is 16.5. The molecule has 26 heavy (non-hydrogen) atoms. The number of hydrogen-bond acceptors (Lipinski definition) is 6. The van der Waals surface area contributed by atoms with E-state index in [1.165, 1.54) is 0 Å². The minimum absolute atomic E-state index is 0.151. The number of aryl methyl sites for hydroxylation is 1. The van der Waals surface area contributed by atoms with Crippen molar-refractivity contribution in [2.45, 2.75) is 45.3 Å². The topological polar surface area (TPSA) is 78.9 Å². The van der Waals surface area contributed by atoms with Crippen molar-refractivity contribution >= 4 is 0 Å². The minimum atomic E-state index is -0.151. The molecule has 0 saturated carbocycles. The van der Waals surface area contributed by atoms with Gasteiger partial charge in [-0.2, -0.15) is 4.98 Å². The Bertz CT molecular complexity index is 871. The molecule has 1 aliphatic rings. The van der Waals surface area contributed by atoms with E-state index in [2.05, 4.69) is 50.9 Å². The molecule has 1 aromatic carbocycles. The predicted octanol–water partition coefficient (Wildman–Crippen LogP) is 3.40. The largest absolute Gasteiger partial charge is 0.373 e. The van der Waals surface area contributed by atoms with Crippen molar-refractivity contribution in [2.24, 2.45) is 5.92 Å². The first-order valence-corrected chi connectivity index (χ1v) is 9.01. The molecule has 0 fully saturated rings. The molecule has 4 rings (SSSR count). The highest BCUT2D eigenvalue weighted by molar-refractivity contribution is 5.55. The zero-order valence-electron chi connectivity index (χ0n) is 15.3. The smallest absolute Gasteiger partial charge is 0.231 e. The lowest BCUT2D eigenvalue weighted by atomic mass is 9.98. The monoisotopic (exact) mass is 353 g/mol. The van der Waals surface area contributed by atoms with Gasteiger partial charge < -0.3 is 13.8 Å². The Morgan fingerprint density at radius 3 is 2.73 bits per heavy atom. The summed E-state index contributed by atoms with van der Waals surface area (Å²) in [6.07, 6.45) is 1.62. The van der Waals surface area contributed by atoms with Crippen LogP contribution in [0.5, 0.6) is 0 Å². The minimum Gasteiger partial charge on any atom is -0.373 e. The summed E-state index contributed by atoms with van der Waals surface area (Å²) >= 11 is 0. The lowest BCUT2D eigenvalue weighted by molar-refractivity contribution is 0.0555. The van der Waals surface area contributed by atoms with Crippen molar-refractivity contribution in [1.29, 1.82) is 0 Å². The SMILES string of the molecule is COC(c1noc(C2CCc3nnc(-c4ccccc4)n3C2)n1)C(C)C. The first kappa shape index (κ1) is 16.9. The van der Waals surface area contributed by atoms with E-state index >= 15 is 0 Å². The van der Waals surface area contributed by atoms with Crippen LogP contribution < -0.4 is 0 Å². The second-order valence-corrected chi connectivity index (χ2v) is 7.04. The fraction of sp³-hybridized carbons (Fsp3) is 0.474. The Hall–Kier alpha value is -2.54. The molecule has 0 radical (unpaired) electrons. The van der Waals surface area contributed by atoms with Gasteiger partial charge in [-0.15, -0.1) is 10.2 Å². The summed E-state index contributed by atoms with van der Waals surface area (Å²) in [6.45, 7) is 4.91. The number of hydrogen-bond donors (Lipinski definition) is 0. The Kier molecular flexibility index (Phi) is 4.55. The summed E-state index contributed by atoms with van der Waals surface area (Å²) in [7, 11) is 1.68. The van der Waals surface area contributed by atoms with Gasteiger partial charge in [0.25, 0.3) is 0 Å². The van der Waals surface area contributed by atoms with Gasteiger partial charge in [-0.3, -0.25) is 0 Å². The van der Waals surface area contributed by atoms with Crippen molar-refractivity contribution in [3.63, 3.8) is 0 Å². The van der Waals surface area contributed by atoms with E-state index in [4.69, 9.17) is 9.26 Å². The van der Waals surface area contributed by atoms with Crippen LogP contribution >= 0.6 is 0 Å². The Morgan fingerprint density at radius 1 is 1.19 bits per heavy atom. The maximum Gasteiger partial charge on any atom is 0.231 e. The fourth-order valence-electron chi connectivity index (χ4n) is 3.53. The molecule has 136 valence electrons. The normalized spacial score (nSPS) is 18.1. The molecule has 3 heterocycles. The summed E-state index contributed by atoms with van der Waals surface area (Å²) < 4.78 is 13.3. The average molecular weight is 353 g/mol. The Labute approximate surface area is 152 Å². The summed E-state index contributed by atoms with van der Waals surface area (Å²) in [6, 6.07) is 10.1. The number of rotatable bonds is 5. The van der Waals surface area contributed by atoms with E-state index in [9.17, 15) is 0 Å². The summed E-state index contributed by atoms with van der Waals surface area (Å²) in [5.41, 5.74) is 1.07. The van der Waals surface area contributed by atoms with Gasteiger partial charge in [0.2, 0.25) is 11.7 Å². The van der Waals surface area contributed by atoms with Crippen molar-refractivity contribution in [3.05, 3.63) is 47.9 Å². The molecule has 7 nitrogen and oxygen atoms in total. The third-order valence-corrected chi connectivity index (χ3v) is 4.90. The van der Waals surface area contributed by atoms with Gasteiger partial charge in [0.05, 0.1) is 5.92 Å². The van der Waals surface area contributed by atoms with E-state index in [0.717, 1.165) is 36.6 Å². The van der Waals surface area contributed by atoms with Crippen molar-refractivity contribution in [1.82, 2.24) is 24.9 Å². The van der Waals surface area contributed by atoms with Crippen LogP contribution in [0.2, 0.25) is 0 Å². The van der Waals surface area contributed by atoms with Crippen molar-refractivity contribution in [3.8, 4) is 11.4 Å². The van der Waals surface area contributed by atoms with E-state index in [0.29, 0.717) is 11.7 Å². The molecule has 0 amide bonds. The molecule has 0 saturated heterocycles. The van der Waals surface area contributed by atoms with E-state index < -0.39 is 0 Å². The van der Waals surface area contributed by atoms with Gasteiger partial charge in [-0.05, 0) is 12.3 Å². The molecular weight excluding hydrogens is 330 g/mol. The Morgan fingerprint density at radius 2 is 2.00 bits per heavy atom. The van der Waals surface area contributed by atoms with Gasteiger partial charge in [-0.25, -0.2) is 0 Å². The number of benzene rings is 1. The molecule has 0 bridgehead atoms. The second-order valence-electron chi connectivity index (χ2n) is 7.04. The number of fused-ring (bicyclic) bond motifs is 1. The average Bonchev–Trinajstić information content (AvgIpc) is 3.29. The second kappa shape index (κ2) is 6.99. The van der Waals surface area contributed by atoms with Gasteiger partial charge in [0.1, 0.15) is 11.9 Å². The third kappa shape index (κ3) is 3.03. The first-order valence-electron chi connectivity index (χ1n) is 9.01. The maximum atomic E-state index is 5.58. The fourth-order valence-corrected chi connectivity index (χ4v) is 3.53. The predicted molar refractivity (Wildman–Crippen MR) is 95.4 cm³/mol. The quantitative estimate of drug-likeness (QED) is 0.699. The van der Waals surface area contributed by atoms with E-state index in [1.54, 1.807) is 7.11 Å². The molecule has 0 N–H and O–H groups in total. The van der Waals surface area contributed by atoms with Crippen molar-refractivity contribution < 1.29 is 9.26 Å². The van der Waals surface area contributed by atoms with Gasteiger partial charge in [-0.1, -0.05) is 49.3 Å².